The molecule has 0 aromatic carbocycles. The standard InChI is InChI=1S/C28H33F3N10O2/c1-3-39(2)25(42)21-10-22(38-26(37-21)28(29,30)31)43-19-6-4-18(5-7-19)40-14-27(13-32,15-40)41-12-17(11-36-41)23-20-8-9-33-24(20)35-16-34-23/h8-12,16,18-19H,3-7,13-15,32H2,1-2H3,(H,33,34,35). The summed E-state index contributed by atoms with van der Waals surface area (Å²) in [5.74, 6) is -2.24. The molecule has 4 aromatic rings. The van der Waals surface area contributed by atoms with Crippen LogP contribution in [0.1, 0.15) is 48.9 Å². The molecule has 0 atom stereocenters. The predicted octanol–water partition coefficient (Wildman–Crippen LogP) is 3.08. The van der Waals surface area contributed by atoms with Crippen molar-refractivity contribution in [1.29, 1.82) is 0 Å². The third-order valence-corrected chi connectivity index (χ3v) is 8.51. The Morgan fingerprint density at radius 2 is 1.98 bits per heavy atom. The number of hydrogen-bond acceptors (Lipinski definition) is 9. The van der Waals surface area contributed by atoms with Crippen LogP contribution in [0.5, 0.6) is 5.88 Å². The van der Waals surface area contributed by atoms with Gasteiger partial charge in [0.05, 0.1) is 11.9 Å². The van der Waals surface area contributed by atoms with E-state index < -0.39 is 17.9 Å². The number of nitrogens with one attached hydrogen (secondary N) is 1. The van der Waals surface area contributed by atoms with Crippen molar-refractivity contribution < 1.29 is 22.7 Å². The molecular weight excluding hydrogens is 565 g/mol. The average molecular weight is 599 g/mol. The minimum Gasteiger partial charge on any atom is -0.474 e. The second-order valence-corrected chi connectivity index (χ2v) is 11.2. The molecule has 2 fully saturated rings. The Balaban J connectivity index is 1.08. The number of nitrogens with two attached hydrogens (primary N) is 1. The van der Waals surface area contributed by atoms with Crippen LogP contribution in [0.2, 0.25) is 0 Å². The number of alkyl halides is 3. The molecule has 1 aliphatic heterocycles. The fourth-order valence-electron chi connectivity index (χ4n) is 5.90. The second-order valence-electron chi connectivity index (χ2n) is 11.2. The van der Waals surface area contributed by atoms with Gasteiger partial charge in [-0.1, -0.05) is 0 Å². The summed E-state index contributed by atoms with van der Waals surface area (Å²) < 4.78 is 48.3. The number of amides is 1. The van der Waals surface area contributed by atoms with Gasteiger partial charge in [0.15, 0.2) is 0 Å². The normalized spacial score (nSPS) is 20.6. The number of rotatable bonds is 8. The first-order valence-corrected chi connectivity index (χ1v) is 14.3. The first-order valence-electron chi connectivity index (χ1n) is 14.3. The predicted molar refractivity (Wildman–Crippen MR) is 150 cm³/mol. The summed E-state index contributed by atoms with van der Waals surface area (Å²) in [4.78, 5) is 35.0. The van der Waals surface area contributed by atoms with Crippen molar-refractivity contribution in [3.05, 3.63) is 48.6 Å². The van der Waals surface area contributed by atoms with Crippen LogP contribution in [0.4, 0.5) is 13.2 Å². The van der Waals surface area contributed by atoms with Gasteiger partial charge in [-0.25, -0.2) is 15.0 Å². The summed E-state index contributed by atoms with van der Waals surface area (Å²) in [7, 11) is 1.50. The van der Waals surface area contributed by atoms with E-state index in [0.29, 0.717) is 32.0 Å². The highest BCUT2D eigenvalue weighted by atomic mass is 19.4. The quantitative estimate of drug-likeness (QED) is 0.313. The van der Waals surface area contributed by atoms with Gasteiger partial charge in [0, 0.05) is 68.7 Å². The van der Waals surface area contributed by atoms with Crippen LogP contribution in [-0.4, -0.2) is 95.8 Å². The van der Waals surface area contributed by atoms with Gasteiger partial charge in [0.2, 0.25) is 11.7 Å². The molecule has 0 bridgehead atoms. The first-order chi connectivity index (χ1) is 20.6. The fraction of sp³-hybridized carbons (Fsp3) is 0.500. The van der Waals surface area contributed by atoms with Crippen LogP contribution in [0.3, 0.4) is 0 Å². The van der Waals surface area contributed by atoms with Gasteiger partial charge in [0.1, 0.15) is 29.3 Å². The Labute approximate surface area is 245 Å². The first kappa shape index (κ1) is 29.0. The molecule has 12 nitrogen and oxygen atoms in total. The van der Waals surface area contributed by atoms with Gasteiger partial charge in [-0.3, -0.25) is 14.4 Å². The second kappa shape index (κ2) is 11.2. The average Bonchev–Trinajstić information content (AvgIpc) is 3.67. The number of likely N-dealkylation sites (tertiary alicyclic amines) is 1. The van der Waals surface area contributed by atoms with Crippen molar-refractivity contribution in [2.75, 3.05) is 33.2 Å². The van der Waals surface area contributed by atoms with Crippen molar-refractivity contribution in [3.63, 3.8) is 0 Å². The van der Waals surface area contributed by atoms with E-state index in [-0.39, 0.29) is 23.2 Å². The highest BCUT2D eigenvalue weighted by Crippen LogP contribution is 2.37. The van der Waals surface area contributed by atoms with Crippen molar-refractivity contribution in [3.8, 4) is 17.1 Å². The van der Waals surface area contributed by atoms with Crippen LogP contribution in [0, 0.1) is 0 Å². The van der Waals surface area contributed by atoms with E-state index in [1.807, 2.05) is 23.1 Å². The summed E-state index contributed by atoms with van der Waals surface area (Å²) in [6, 6.07) is 3.43. The van der Waals surface area contributed by atoms with Gasteiger partial charge in [0.25, 0.3) is 5.91 Å². The molecule has 5 heterocycles. The molecule has 1 aliphatic carbocycles. The number of ether oxygens (including phenoxy) is 1. The highest BCUT2D eigenvalue weighted by Gasteiger charge is 2.47. The summed E-state index contributed by atoms with van der Waals surface area (Å²) >= 11 is 0. The molecule has 43 heavy (non-hydrogen) atoms. The smallest absolute Gasteiger partial charge is 0.451 e. The lowest BCUT2D eigenvalue weighted by Crippen LogP contribution is -2.68. The largest absolute Gasteiger partial charge is 0.474 e. The van der Waals surface area contributed by atoms with E-state index in [1.54, 1.807) is 13.1 Å². The van der Waals surface area contributed by atoms with Gasteiger partial charge in [-0.2, -0.15) is 23.3 Å². The maximum atomic E-state index is 13.5. The van der Waals surface area contributed by atoms with Crippen molar-refractivity contribution in [1.82, 2.24) is 44.5 Å². The van der Waals surface area contributed by atoms with Crippen LogP contribution in [-0.2, 0) is 11.7 Å². The molecule has 1 saturated carbocycles. The summed E-state index contributed by atoms with van der Waals surface area (Å²) in [6.07, 6.45) is 4.93. The van der Waals surface area contributed by atoms with Crippen molar-refractivity contribution >= 4 is 16.9 Å². The molecule has 2 aliphatic rings. The molecule has 3 N–H and O–H groups in total. The molecule has 0 radical (unpaired) electrons. The maximum Gasteiger partial charge on any atom is 0.451 e. The lowest BCUT2D eigenvalue weighted by Gasteiger charge is -2.53. The van der Waals surface area contributed by atoms with E-state index in [9.17, 15) is 18.0 Å². The zero-order chi connectivity index (χ0) is 30.4. The molecule has 6 rings (SSSR count). The van der Waals surface area contributed by atoms with Crippen molar-refractivity contribution in [2.45, 2.75) is 56.5 Å². The number of aromatic amines is 1. The number of nitrogens with zero attached hydrogens (tertiary/aromatic N) is 8. The lowest BCUT2D eigenvalue weighted by atomic mass is 9.83. The van der Waals surface area contributed by atoms with Gasteiger partial charge in [-0.05, 0) is 38.7 Å². The minimum absolute atomic E-state index is 0.236. The number of carbonyl (C=O) groups excluding carboxylic acids is 1. The zero-order valence-corrected chi connectivity index (χ0v) is 23.9. The fourth-order valence-corrected chi connectivity index (χ4v) is 5.90. The molecular formula is C28H33F3N10O2. The Bertz CT molecular complexity index is 1610. The van der Waals surface area contributed by atoms with E-state index in [4.69, 9.17) is 10.5 Å². The molecule has 0 unspecified atom stereocenters. The Hall–Kier alpha value is -4.11. The van der Waals surface area contributed by atoms with E-state index in [2.05, 4.69) is 34.9 Å². The summed E-state index contributed by atoms with van der Waals surface area (Å²) in [6.45, 7) is 3.95. The summed E-state index contributed by atoms with van der Waals surface area (Å²) in [5.41, 5.74) is 8.05. The van der Waals surface area contributed by atoms with Gasteiger partial charge in [-0.15, -0.1) is 0 Å². The number of carbonyl (C=O) groups is 1. The third kappa shape index (κ3) is 5.54. The van der Waals surface area contributed by atoms with Gasteiger partial charge < -0.3 is 20.4 Å². The van der Waals surface area contributed by atoms with Crippen LogP contribution >= 0.6 is 0 Å². The topological polar surface area (TPSA) is 144 Å². The zero-order valence-electron chi connectivity index (χ0n) is 23.9. The van der Waals surface area contributed by atoms with E-state index in [1.165, 1.54) is 24.3 Å². The summed E-state index contributed by atoms with van der Waals surface area (Å²) in [5, 5.41) is 5.57. The van der Waals surface area contributed by atoms with Crippen LogP contribution in [0.25, 0.3) is 22.3 Å². The number of fused-ring (bicyclic) bond motifs is 1. The molecule has 228 valence electrons. The number of H-pyrrole nitrogens is 1. The highest BCUT2D eigenvalue weighted by molar-refractivity contribution is 5.92. The SMILES string of the molecule is CCN(C)C(=O)c1cc(OC2CCC(N3CC(CN)(n4cc(-c5ncnc6[nH]ccc56)cn4)C3)CC2)nc(C(F)(F)F)n1. The molecule has 1 amide bonds. The lowest BCUT2D eigenvalue weighted by molar-refractivity contribution is -0.145. The third-order valence-electron chi connectivity index (χ3n) is 8.51. The van der Waals surface area contributed by atoms with Gasteiger partial charge >= 0.3 is 6.18 Å². The maximum absolute atomic E-state index is 13.5. The Morgan fingerprint density at radius 1 is 1.21 bits per heavy atom. The Kier molecular flexibility index (Phi) is 7.54. The molecule has 1 saturated heterocycles. The Morgan fingerprint density at radius 3 is 2.67 bits per heavy atom. The monoisotopic (exact) mass is 598 g/mol. The van der Waals surface area contributed by atoms with Crippen LogP contribution < -0.4 is 10.5 Å². The molecule has 4 aromatic heterocycles. The number of halogens is 3. The minimum atomic E-state index is -4.80. The number of aromatic nitrogens is 7. The molecule has 15 heteroatoms. The molecule has 0 spiro atoms. The number of hydrogen-bond donors (Lipinski definition) is 2. The van der Waals surface area contributed by atoms with E-state index >= 15 is 0 Å². The van der Waals surface area contributed by atoms with Crippen molar-refractivity contribution in [2.24, 2.45) is 5.73 Å². The van der Waals surface area contributed by atoms with Crippen LogP contribution in [0.15, 0.2) is 37.1 Å². The van der Waals surface area contributed by atoms with E-state index in [0.717, 1.165) is 48.2 Å².